The molecular formula is C24H33N7O3. The number of carbonyl (C=O) groups excluding carboxylic acids is 1. The largest absolute Gasteiger partial charge is 0.489 e. The van der Waals surface area contributed by atoms with E-state index in [1.807, 2.05) is 19.1 Å². The maximum Gasteiger partial charge on any atom is 0.271 e. The summed E-state index contributed by atoms with van der Waals surface area (Å²) in [6.45, 7) is 7.08. The number of likely N-dealkylation sites (N-methyl/N-ethyl adjacent to an activating group) is 1. The van der Waals surface area contributed by atoms with E-state index in [2.05, 4.69) is 38.5 Å². The average Bonchev–Trinajstić information content (AvgIpc) is 2.84. The van der Waals surface area contributed by atoms with Crippen LogP contribution >= 0.6 is 0 Å². The Hall–Kier alpha value is -3.11. The highest BCUT2D eigenvalue weighted by Gasteiger charge is 2.32. The van der Waals surface area contributed by atoms with Crippen molar-refractivity contribution in [1.82, 2.24) is 14.9 Å². The topological polar surface area (TPSA) is 118 Å². The monoisotopic (exact) mass is 467 g/mol. The van der Waals surface area contributed by atoms with Crippen molar-refractivity contribution in [1.29, 1.82) is 0 Å². The van der Waals surface area contributed by atoms with E-state index in [0.717, 1.165) is 68.5 Å². The van der Waals surface area contributed by atoms with Crippen LogP contribution in [0.5, 0.6) is 5.75 Å². The van der Waals surface area contributed by atoms with Gasteiger partial charge in [-0.1, -0.05) is 6.92 Å². The first-order valence-electron chi connectivity index (χ1n) is 12.1. The molecule has 10 nitrogen and oxygen atoms in total. The highest BCUT2D eigenvalue weighted by atomic mass is 16.5. The number of aryl methyl sites for hydroxylation is 1. The molecule has 5 rings (SSSR count). The summed E-state index contributed by atoms with van der Waals surface area (Å²) in [7, 11) is 2.15. The number of aromatic nitrogens is 2. The third-order valence-electron chi connectivity index (χ3n) is 6.75. The number of hydrogen-bond donors (Lipinski definition) is 3. The number of piperazine rings is 1. The summed E-state index contributed by atoms with van der Waals surface area (Å²) in [5.41, 5.74) is 8.39. The first-order valence-corrected chi connectivity index (χ1v) is 12.1. The van der Waals surface area contributed by atoms with Crippen molar-refractivity contribution in [2.75, 3.05) is 62.0 Å². The van der Waals surface area contributed by atoms with Gasteiger partial charge in [-0.05, 0) is 38.4 Å². The number of benzene rings is 1. The van der Waals surface area contributed by atoms with Crippen LogP contribution in [-0.2, 0) is 11.2 Å². The second-order valence-corrected chi connectivity index (χ2v) is 9.19. The van der Waals surface area contributed by atoms with Crippen molar-refractivity contribution >= 4 is 28.9 Å². The van der Waals surface area contributed by atoms with Crippen LogP contribution in [0.4, 0.5) is 23.0 Å². The zero-order valence-electron chi connectivity index (χ0n) is 19.8. The Morgan fingerprint density at radius 2 is 2.03 bits per heavy atom. The molecule has 0 radical (unpaired) electrons. The molecule has 0 aliphatic carbocycles. The van der Waals surface area contributed by atoms with E-state index >= 15 is 0 Å². The van der Waals surface area contributed by atoms with Gasteiger partial charge in [-0.3, -0.25) is 4.79 Å². The Balaban J connectivity index is 1.42. The summed E-state index contributed by atoms with van der Waals surface area (Å²) in [6.07, 6.45) is 2.44. The number of amides is 1. The molecular weight excluding hydrogens is 434 g/mol. The Morgan fingerprint density at radius 1 is 1.21 bits per heavy atom. The molecule has 1 aromatic heterocycles. The van der Waals surface area contributed by atoms with Gasteiger partial charge in [-0.25, -0.2) is 9.97 Å². The van der Waals surface area contributed by atoms with Crippen molar-refractivity contribution in [3.63, 3.8) is 0 Å². The van der Waals surface area contributed by atoms with E-state index in [-0.39, 0.29) is 11.7 Å². The van der Waals surface area contributed by atoms with Crippen LogP contribution in [0.3, 0.4) is 0 Å². The molecule has 0 bridgehead atoms. The molecule has 2 saturated heterocycles. The number of rotatable bonds is 6. The Morgan fingerprint density at radius 3 is 2.79 bits per heavy atom. The number of fused-ring (bicyclic) bond motifs is 3. The summed E-state index contributed by atoms with van der Waals surface area (Å²) >= 11 is 0. The van der Waals surface area contributed by atoms with E-state index in [0.29, 0.717) is 30.7 Å². The molecule has 182 valence electrons. The van der Waals surface area contributed by atoms with E-state index in [1.54, 1.807) is 0 Å². The van der Waals surface area contributed by atoms with Crippen molar-refractivity contribution < 1.29 is 14.3 Å². The summed E-state index contributed by atoms with van der Waals surface area (Å²) in [6, 6.07) is 6.62. The van der Waals surface area contributed by atoms with Crippen LogP contribution in [0.1, 0.15) is 35.9 Å². The van der Waals surface area contributed by atoms with Gasteiger partial charge in [-0.15, -0.1) is 0 Å². The van der Waals surface area contributed by atoms with Crippen molar-refractivity contribution in [2.45, 2.75) is 38.3 Å². The predicted octanol–water partition coefficient (Wildman–Crippen LogP) is 1.99. The van der Waals surface area contributed by atoms with Crippen molar-refractivity contribution in [3.8, 4) is 5.75 Å². The lowest BCUT2D eigenvalue weighted by molar-refractivity contribution is 0.0903. The van der Waals surface area contributed by atoms with Crippen molar-refractivity contribution in [2.24, 2.45) is 5.73 Å². The van der Waals surface area contributed by atoms with E-state index < -0.39 is 5.91 Å². The van der Waals surface area contributed by atoms with Gasteiger partial charge in [0.05, 0.1) is 17.4 Å². The fourth-order valence-corrected chi connectivity index (χ4v) is 4.86. The Labute approximate surface area is 199 Å². The number of nitrogens with zero attached hydrogens (tertiary/aromatic N) is 4. The number of carbonyl (C=O) groups is 1. The van der Waals surface area contributed by atoms with Crippen LogP contribution in [-0.4, -0.2) is 79.4 Å². The molecule has 0 spiro atoms. The smallest absolute Gasteiger partial charge is 0.271 e. The summed E-state index contributed by atoms with van der Waals surface area (Å²) < 4.78 is 11.6. The van der Waals surface area contributed by atoms with Gasteiger partial charge < -0.3 is 35.6 Å². The van der Waals surface area contributed by atoms with Crippen LogP contribution in [0, 0.1) is 0 Å². The van der Waals surface area contributed by atoms with Gasteiger partial charge >= 0.3 is 0 Å². The van der Waals surface area contributed by atoms with Crippen LogP contribution in [0.25, 0.3) is 0 Å². The quantitative estimate of drug-likeness (QED) is 0.586. The van der Waals surface area contributed by atoms with Gasteiger partial charge in [0.25, 0.3) is 5.91 Å². The highest BCUT2D eigenvalue weighted by Crippen LogP contribution is 2.38. The first kappa shape index (κ1) is 22.7. The molecule has 3 aliphatic heterocycles. The molecule has 2 aromatic rings. The van der Waals surface area contributed by atoms with Gasteiger partial charge in [-0.2, -0.15) is 0 Å². The van der Waals surface area contributed by atoms with Gasteiger partial charge in [0, 0.05) is 50.6 Å². The van der Waals surface area contributed by atoms with E-state index in [1.165, 1.54) is 0 Å². The molecule has 3 aliphatic rings. The molecule has 0 unspecified atom stereocenters. The number of anilines is 4. The fourth-order valence-electron chi connectivity index (χ4n) is 4.86. The normalized spacial score (nSPS) is 20.8. The predicted molar refractivity (Wildman–Crippen MR) is 131 cm³/mol. The summed E-state index contributed by atoms with van der Waals surface area (Å²) in [4.78, 5) is 26.3. The Kier molecular flexibility index (Phi) is 6.42. The highest BCUT2D eigenvalue weighted by molar-refractivity contribution is 5.96. The van der Waals surface area contributed by atoms with Gasteiger partial charge in [0.1, 0.15) is 12.4 Å². The van der Waals surface area contributed by atoms with Gasteiger partial charge in [0.15, 0.2) is 17.3 Å². The number of ether oxygens (including phenoxy) is 2. The molecule has 4 N–H and O–H groups in total. The fraction of sp³-hybridized carbons (Fsp3) is 0.542. The number of nitrogens with two attached hydrogens (primary N) is 1. The lowest BCUT2D eigenvalue weighted by Gasteiger charge is -2.44. The average molecular weight is 468 g/mol. The van der Waals surface area contributed by atoms with Crippen LogP contribution in [0.15, 0.2) is 18.2 Å². The molecule has 1 atom stereocenters. The lowest BCUT2D eigenvalue weighted by atomic mass is 10.1. The maximum absolute atomic E-state index is 12.2. The molecule has 0 saturated carbocycles. The molecule has 10 heteroatoms. The summed E-state index contributed by atoms with van der Waals surface area (Å²) in [5.74, 6) is 1.23. The standard InChI is InChI=1S/C24H33N7O3/c1-3-18-23(26-15-6-10-33-11-7-15)29-24(21(28-18)22(25)32)27-16-4-5-19-20(12-16)34-14-17-13-30(2)8-9-31(17)19/h4-5,12,15,17H,3,6-11,13-14H2,1-2H3,(H2,25,32)(H2,26,27,29)/t17-/m0/s1. The molecule has 2 fully saturated rings. The lowest BCUT2D eigenvalue weighted by Crippen LogP contribution is -2.56. The third kappa shape index (κ3) is 4.60. The minimum absolute atomic E-state index is 0.132. The first-order chi connectivity index (χ1) is 16.5. The zero-order valence-corrected chi connectivity index (χ0v) is 19.8. The third-order valence-corrected chi connectivity index (χ3v) is 6.75. The number of hydrogen-bond acceptors (Lipinski definition) is 9. The van der Waals surface area contributed by atoms with E-state index in [4.69, 9.17) is 20.2 Å². The van der Waals surface area contributed by atoms with Crippen molar-refractivity contribution in [3.05, 3.63) is 29.6 Å². The maximum atomic E-state index is 12.2. The van der Waals surface area contributed by atoms with E-state index in [9.17, 15) is 4.79 Å². The van der Waals surface area contributed by atoms with Gasteiger partial charge in [0.2, 0.25) is 0 Å². The number of nitrogens with one attached hydrogen (secondary N) is 2. The van der Waals surface area contributed by atoms with Crippen LogP contribution in [0.2, 0.25) is 0 Å². The zero-order chi connectivity index (χ0) is 23.7. The minimum atomic E-state index is -0.614. The second-order valence-electron chi connectivity index (χ2n) is 9.19. The molecule has 1 aromatic carbocycles. The Bertz CT molecular complexity index is 1060. The SMILES string of the molecule is CCc1nc(C(N)=O)c(Nc2ccc3c(c2)OC[C@@H]2CN(C)CCN32)nc1NC1CCOCC1. The summed E-state index contributed by atoms with van der Waals surface area (Å²) in [5, 5.41) is 6.76. The number of primary amides is 1. The van der Waals surface area contributed by atoms with Crippen LogP contribution < -0.4 is 26.0 Å². The molecule has 4 heterocycles. The molecule has 1 amide bonds. The second kappa shape index (κ2) is 9.63. The molecule has 34 heavy (non-hydrogen) atoms. The minimum Gasteiger partial charge on any atom is -0.489 e.